The second-order valence-corrected chi connectivity index (χ2v) is 5.08. The predicted octanol–water partition coefficient (Wildman–Crippen LogP) is 2.86. The second-order valence-electron chi connectivity index (χ2n) is 4.17. The lowest BCUT2D eigenvalue weighted by Gasteiger charge is -2.22. The molecular weight excluding hydrogens is 288 g/mol. The number of nitrogens with zero attached hydrogens (tertiary/aromatic N) is 1. The molecule has 0 aliphatic heterocycles. The van der Waals surface area contributed by atoms with E-state index in [1.165, 1.54) is 6.07 Å². The Morgan fingerprint density at radius 2 is 2.24 bits per heavy atom. The lowest BCUT2D eigenvalue weighted by atomic mass is 10.0. The molecule has 1 atom stereocenters. The van der Waals surface area contributed by atoms with Crippen molar-refractivity contribution < 1.29 is 9.66 Å². The highest BCUT2D eigenvalue weighted by Gasteiger charge is 2.20. The first-order valence-electron chi connectivity index (χ1n) is 5.21. The van der Waals surface area contributed by atoms with Gasteiger partial charge in [-0.3, -0.25) is 10.1 Å². The summed E-state index contributed by atoms with van der Waals surface area (Å²) in [5.41, 5.74) is 5.38. The first-order valence-corrected chi connectivity index (χ1v) is 6.00. The molecule has 5 nitrogen and oxygen atoms in total. The molecule has 0 aliphatic carbocycles. The topological polar surface area (TPSA) is 78.4 Å². The Morgan fingerprint density at radius 3 is 2.76 bits per heavy atom. The number of ether oxygens (including phenoxy) is 1. The molecular formula is C11H15BrN2O3. The molecule has 6 heteroatoms. The normalized spacial score (nSPS) is 14.1. The zero-order valence-corrected chi connectivity index (χ0v) is 11.4. The van der Waals surface area contributed by atoms with E-state index in [2.05, 4.69) is 15.9 Å². The van der Waals surface area contributed by atoms with Crippen molar-refractivity contribution in [1.29, 1.82) is 0 Å². The molecule has 1 unspecified atom stereocenters. The number of nitro benzene ring substituents is 1. The highest BCUT2D eigenvalue weighted by molar-refractivity contribution is 9.10. The number of halogens is 1. The lowest BCUT2D eigenvalue weighted by Crippen LogP contribution is -2.41. The van der Waals surface area contributed by atoms with Crippen LogP contribution in [0.2, 0.25) is 0 Å². The smallest absolute Gasteiger partial charge is 0.310 e. The maximum absolute atomic E-state index is 10.8. The molecule has 1 aromatic rings. The van der Waals surface area contributed by atoms with Crippen LogP contribution in [0.3, 0.4) is 0 Å². The van der Waals surface area contributed by atoms with Gasteiger partial charge >= 0.3 is 5.69 Å². The van der Waals surface area contributed by atoms with Crippen molar-refractivity contribution in [2.45, 2.75) is 25.8 Å². The summed E-state index contributed by atoms with van der Waals surface area (Å²) in [6, 6.07) is 4.58. The van der Waals surface area contributed by atoms with Crippen LogP contribution in [0.25, 0.3) is 0 Å². The Bertz CT molecular complexity index is 421. The van der Waals surface area contributed by atoms with Gasteiger partial charge < -0.3 is 10.5 Å². The Balaban J connectivity index is 2.89. The van der Waals surface area contributed by atoms with Crippen molar-refractivity contribution in [3.05, 3.63) is 32.8 Å². The van der Waals surface area contributed by atoms with Gasteiger partial charge in [-0.15, -0.1) is 0 Å². The molecule has 0 fully saturated rings. The summed E-state index contributed by atoms with van der Waals surface area (Å²) in [7, 11) is 0. The minimum absolute atomic E-state index is 0.0555. The molecule has 0 aromatic heterocycles. The molecule has 1 rings (SSSR count). The highest BCUT2D eigenvalue weighted by Crippen LogP contribution is 2.30. The second kappa shape index (κ2) is 5.46. The maximum atomic E-state index is 10.8. The van der Waals surface area contributed by atoms with Gasteiger partial charge in [0.15, 0.2) is 5.75 Å². The summed E-state index contributed by atoms with van der Waals surface area (Å²) >= 11 is 3.25. The molecule has 0 aliphatic rings. The van der Waals surface area contributed by atoms with E-state index in [0.717, 1.165) is 10.9 Å². The fourth-order valence-electron chi connectivity index (χ4n) is 1.10. The summed E-state index contributed by atoms with van der Waals surface area (Å²) in [6.07, 6.45) is 0.731. The number of benzene rings is 1. The molecule has 2 N–H and O–H groups in total. The van der Waals surface area contributed by atoms with Crippen LogP contribution in [0, 0.1) is 10.1 Å². The molecule has 1 aromatic carbocycles. The third kappa shape index (κ3) is 3.98. The van der Waals surface area contributed by atoms with Crippen molar-refractivity contribution in [2.24, 2.45) is 5.73 Å². The minimum Gasteiger partial charge on any atom is -0.485 e. The standard InChI is InChI=1S/C11H15BrN2O3/c1-3-11(2,13)7-17-10-6-8(12)4-5-9(10)14(15)16/h4-6H,3,7,13H2,1-2H3. The van der Waals surface area contributed by atoms with Gasteiger partial charge in [0.1, 0.15) is 6.61 Å². The van der Waals surface area contributed by atoms with Crippen molar-refractivity contribution in [3.8, 4) is 5.75 Å². The molecule has 0 bridgehead atoms. The van der Waals surface area contributed by atoms with E-state index in [4.69, 9.17) is 10.5 Å². The number of hydrogen-bond donors (Lipinski definition) is 1. The molecule has 94 valence electrons. The van der Waals surface area contributed by atoms with E-state index in [1.807, 2.05) is 13.8 Å². The summed E-state index contributed by atoms with van der Waals surface area (Å²) in [4.78, 5) is 10.3. The number of hydrogen-bond acceptors (Lipinski definition) is 4. The first kappa shape index (κ1) is 13.9. The van der Waals surface area contributed by atoms with Crippen LogP contribution in [-0.4, -0.2) is 17.1 Å². The monoisotopic (exact) mass is 302 g/mol. The molecule has 0 spiro atoms. The van der Waals surface area contributed by atoms with E-state index in [-0.39, 0.29) is 18.0 Å². The maximum Gasteiger partial charge on any atom is 0.310 e. The van der Waals surface area contributed by atoms with Crippen molar-refractivity contribution in [2.75, 3.05) is 6.61 Å². The van der Waals surface area contributed by atoms with Crippen LogP contribution < -0.4 is 10.5 Å². The van der Waals surface area contributed by atoms with Crippen LogP contribution in [-0.2, 0) is 0 Å². The van der Waals surface area contributed by atoms with Gasteiger partial charge in [0.05, 0.1) is 4.92 Å². The van der Waals surface area contributed by atoms with Crippen LogP contribution >= 0.6 is 15.9 Å². The summed E-state index contributed by atoms with van der Waals surface area (Å²) in [6.45, 7) is 4.02. The van der Waals surface area contributed by atoms with E-state index in [1.54, 1.807) is 12.1 Å². The minimum atomic E-state index is -0.490. The average Bonchev–Trinajstić information content (AvgIpc) is 2.26. The van der Waals surface area contributed by atoms with Gasteiger partial charge in [0.2, 0.25) is 0 Å². The fourth-order valence-corrected chi connectivity index (χ4v) is 1.44. The van der Waals surface area contributed by atoms with Gasteiger partial charge in [-0.05, 0) is 19.4 Å². The van der Waals surface area contributed by atoms with Gasteiger partial charge in [-0.1, -0.05) is 22.9 Å². The number of nitro groups is 1. The number of nitrogens with two attached hydrogens (primary N) is 1. The van der Waals surface area contributed by atoms with E-state index in [0.29, 0.717) is 0 Å². The molecule has 0 radical (unpaired) electrons. The van der Waals surface area contributed by atoms with Crippen LogP contribution in [0.1, 0.15) is 20.3 Å². The van der Waals surface area contributed by atoms with E-state index < -0.39 is 10.5 Å². The van der Waals surface area contributed by atoms with Crippen LogP contribution in [0.5, 0.6) is 5.75 Å². The lowest BCUT2D eigenvalue weighted by molar-refractivity contribution is -0.385. The molecule has 0 amide bonds. The summed E-state index contributed by atoms with van der Waals surface area (Å²) in [5, 5.41) is 10.8. The molecule has 0 saturated heterocycles. The molecule has 17 heavy (non-hydrogen) atoms. The third-order valence-corrected chi connectivity index (χ3v) is 2.98. The van der Waals surface area contributed by atoms with Crippen molar-refractivity contribution in [1.82, 2.24) is 0 Å². The Labute approximate surface area is 108 Å². The van der Waals surface area contributed by atoms with Gasteiger partial charge in [-0.2, -0.15) is 0 Å². The predicted molar refractivity (Wildman–Crippen MR) is 69.2 cm³/mol. The van der Waals surface area contributed by atoms with Gasteiger partial charge in [0.25, 0.3) is 0 Å². The summed E-state index contributed by atoms with van der Waals surface area (Å²) in [5.74, 6) is 0.231. The van der Waals surface area contributed by atoms with Gasteiger partial charge in [-0.25, -0.2) is 0 Å². The zero-order chi connectivity index (χ0) is 13.1. The number of rotatable bonds is 5. The average molecular weight is 303 g/mol. The van der Waals surface area contributed by atoms with Crippen molar-refractivity contribution >= 4 is 21.6 Å². The zero-order valence-electron chi connectivity index (χ0n) is 9.77. The summed E-state index contributed by atoms with van der Waals surface area (Å²) < 4.78 is 6.17. The quantitative estimate of drug-likeness (QED) is 0.670. The first-order chi connectivity index (χ1) is 7.85. The largest absolute Gasteiger partial charge is 0.485 e. The fraction of sp³-hybridized carbons (Fsp3) is 0.455. The molecule has 0 saturated carbocycles. The Kier molecular flexibility index (Phi) is 4.47. The van der Waals surface area contributed by atoms with Crippen molar-refractivity contribution in [3.63, 3.8) is 0 Å². The van der Waals surface area contributed by atoms with Crippen LogP contribution in [0.4, 0.5) is 5.69 Å². The van der Waals surface area contributed by atoms with Crippen LogP contribution in [0.15, 0.2) is 22.7 Å². The third-order valence-electron chi connectivity index (χ3n) is 2.48. The van der Waals surface area contributed by atoms with Gasteiger partial charge in [0, 0.05) is 22.1 Å². The SMILES string of the molecule is CCC(C)(N)COc1cc(Br)ccc1[N+](=O)[O-]. The Morgan fingerprint density at radius 1 is 1.59 bits per heavy atom. The highest BCUT2D eigenvalue weighted by atomic mass is 79.9. The van der Waals surface area contributed by atoms with E-state index in [9.17, 15) is 10.1 Å². The Hall–Kier alpha value is -1.14. The van der Waals surface area contributed by atoms with E-state index >= 15 is 0 Å². The molecule has 0 heterocycles.